The molecule has 0 saturated carbocycles. The van der Waals surface area contributed by atoms with Crippen molar-refractivity contribution in [3.63, 3.8) is 0 Å². The molecule has 3 nitrogen and oxygen atoms in total. The van der Waals surface area contributed by atoms with Gasteiger partial charge >= 0.3 is 0 Å². The minimum atomic E-state index is -3.19. The molecule has 84 valence electrons. The number of sulfonamides is 1. The maximum absolute atomic E-state index is 11.0. The second-order valence-electron chi connectivity index (χ2n) is 3.43. The molecular weight excluding hydrogens is 234 g/mol. The molecule has 0 aliphatic rings. The molecule has 0 bridgehead atoms. The molecule has 0 aliphatic carbocycles. The predicted molar refractivity (Wildman–Crippen MR) is 62.6 cm³/mol. The van der Waals surface area contributed by atoms with Crippen LogP contribution in [0, 0.1) is 0 Å². The Kier molecular flexibility index (Phi) is 4.57. The smallest absolute Gasteiger partial charge is 0.208 e. The van der Waals surface area contributed by atoms with E-state index in [-0.39, 0.29) is 11.9 Å². The van der Waals surface area contributed by atoms with Crippen molar-refractivity contribution >= 4 is 21.6 Å². The number of hydrogen-bond acceptors (Lipinski definition) is 2. The zero-order valence-corrected chi connectivity index (χ0v) is 10.1. The summed E-state index contributed by atoms with van der Waals surface area (Å²) >= 11 is 5.70. The summed E-state index contributed by atoms with van der Waals surface area (Å²) in [5.74, 6) is 0.266. The van der Waals surface area contributed by atoms with Crippen LogP contribution in [0.25, 0.3) is 0 Å². The standard InChI is InChI=1S/C10H14ClNO2S/c1-15(13,14)12-10(8-11)7-9-5-3-2-4-6-9/h2-6,10,12H,7-8H2,1H3. The fourth-order valence-electron chi connectivity index (χ4n) is 1.33. The molecule has 0 fully saturated rings. The first-order chi connectivity index (χ1) is 7.01. The van der Waals surface area contributed by atoms with Crippen molar-refractivity contribution in [2.24, 2.45) is 0 Å². The van der Waals surface area contributed by atoms with Crippen molar-refractivity contribution in [3.05, 3.63) is 35.9 Å². The molecule has 15 heavy (non-hydrogen) atoms. The van der Waals surface area contributed by atoms with Crippen LogP contribution >= 0.6 is 11.6 Å². The summed E-state index contributed by atoms with van der Waals surface area (Å²) < 4.78 is 24.5. The van der Waals surface area contributed by atoms with E-state index in [0.29, 0.717) is 6.42 Å². The number of rotatable bonds is 5. The van der Waals surface area contributed by atoms with Gasteiger partial charge in [0.15, 0.2) is 0 Å². The van der Waals surface area contributed by atoms with Gasteiger partial charge in [0.25, 0.3) is 0 Å². The first kappa shape index (κ1) is 12.5. The molecule has 1 aromatic carbocycles. The van der Waals surface area contributed by atoms with Crippen LogP contribution in [0.3, 0.4) is 0 Å². The van der Waals surface area contributed by atoms with Crippen LogP contribution in [0.1, 0.15) is 5.56 Å². The summed E-state index contributed by atoms with van der Waals surface area (Å²) in [7, 11) is -3.19. The van der Waals surface area contributed by atoms with E-state index in [1.165, 1.54) is 0 Å². The van der Waals surface area contributed by atoms with Crippen LogP contribution in [-0.2, 0) is 16.4 Å². The number of hydrogen-bond donors (Lipinski definition) is 1. The van der Waals surface area contributed by atoms with Gasteiger partial charge in [-0.25, -0.2) is 13.1 Å². The van der Waals surface area contributed by atoms with Gasteiger partial charge in [0, 0.05) is 11.9 Å². The monoisotopic (exact) mass is 247 g/mol. The highest BCUT2D eigenvalue weighted by atomic mass is 35.5. The summed E-state index contributed by atoms with van der Waals surface area (Å²) in [5, 5.41) is 0. The van der Waals surface area contributed by atoms with E-state index in [0.717, 1.165) is 11.8 Å². The molecule has 0 radical (unpaired) electrons. The lowest BCUT2D eigenvalue weighted by molar-refractivity contribution is 0.567. The molecule has 0 spiro atoms. The summed E-state index contributed by atoms with van der Waals surface area (Å²) in [6, 6.07) is 9.40. The Labute approximate surface area is 95.5 Å². The van der Waals surface area contributed by atoms with Gasteiger partial charge in [-0.2, -0.15) is 0 Å². The zero-order valence-electron chi connectivity index (χ0n) is 8.48. The van der Waals surface area contributed by atoms with E-state index in [2.05, 4.69) is 4.72 Å². The van der Waals surface area contributed by atoms with Crippen molar-refractivity contribution in [1.29, 1.82) is 0 Å². The maximum atomic E-state index is 11.0. The Balaban J connectivity index is 2.63. The van der Waals surface area contributed by atoms with Gasteiger partial charge in [-0.05, 0) is 12.0 Å². The second kappa shape index (κ2) is 5.49. The van der Waals surface area contributed by atoms with Crippen LogP contribution in [-0.4, -0.2) is 26.6 Å². The van der Waals surface area contributed by atoms with Crippen LogP contribution < -0.4 is 4.72 Å². The van der Waals surface area contributed by atoms with Gasteiger partial charge in [-0.3, -0.25) is 0 Å². The van der Waals surface area contributed by atoms with Gasteiger partial charge in [0.2, 0.25) is 10.0 Å². The molecule has 1 rings (SSSR count). The first-order valence-corrected chi connectivity index (χ1v) is 7.01. The third kappa shape index (κ3) is 5.16. The number of nitrogens with one attached hydrogen (secondary N) is 1. The highest BCUT2D eigenvalue weighted by Gasteiger charge is 2.12. The van der Waals surface area contributed by atoms with E-state index >= 15 is 0 Å². The Bertz CT molecular complexity index is 391. The minimum absolute atomic E-state index is 0.246. The Morgan fingerprint density at radius 1 is 1.33 bits per heavy atom. The summed E-state index contributed by atoms with van der Waals surface area (Å²) in [5.41, 5.74) is 1.07. The molecule has 0 aliphatic heterocycles. The Morgan fingerprint density at radius 2 is 1.93 bits per heavy atom. The molecule has 0 aromatic heterocycles. The lowest BCUT2D eigenvalue weighted by Gasteiger charge is -2.14. The normalized spacial score (nSPS) is 13.7. The lowest BCUT2D eigenvalue weighted by Crippen LogP contribution is -2.36. The Morgan fingerprint density at radius 3 is 2.40 bits per heavy atom. The predicted octanol–water partition coefficient (Wildman–Crippen LogP) is 1.39. The van der Waals surface area contributed by atoms with Crippen molar-refractivity contribution in [2.45, 2.75) is 12.5 Å². The summed E-state index contributed by atoms with van der Waals surface area (Å²) in [6.07, 6.45) is 1.74. The van der Waals surface area contributed by atoms with Crippen LogP contribution in [0.2, 0.25) is 0 Å². The van der Waals surface area contributed by atoms with Crippen LogP contribution in [0.15, 0.2) is 30.3 Å². The van der Waals surface area contributed by atoms with Gasteiger partial charge in [-0.1, -0.05) is 30.3 Å². The van der Waals surface area contributed by atoms with Crippen LogP contribution in [0.5, 0.6) is 0 Å². The molecule has 0 heterocycles. The zero-order chi connectivity index (χ0) is 11.3. The molecule has 0 saturated heterocycles. The average molecular weight is 248 g/mol. The Hall–Kier alpha value is -0.580. The highest BCUT2D eigenvalue weighted by molar-refractivity contribution is 7.88. The largest absolute Gasteiger partial charge is 0.213 e. The molecule has 1 N–H and O–H groups in total. The van der Waals surface area contributed by atoms with Gasteiger partial charge in [0.1, 0.15) is 0 Å². The van der Waals surface area contributed by atoms with E-state index in [1.54, 1.807) is 0 Å². The van der Waals surface area contributed by atoms with Crippen molar-refractivity contribution < 1.29 is 8.42 Å². The van der Waals surface area contributed by atoms with E-state index in [4.69, 9.17) is 11.6 Å². The first-order valence-electron chi connectivity index (χ1n) is 4.58. The molecule has 1 unspecified atom stereocenters. The molecule has 0 amide bonds. The number of alkyl halides is 1. The van der Waals surface area contributed by atoms with Gasteiger partial charge < -0.3 is 0 Å². The van der Waals surface area contributed by atoms with Crippen molar-refractivity contribution in [2.75, 3.05) is 12.1 Å². The average Bonchev–Trinajstić information content (AvgIpc) is 2.16. The molecule has 5 heteroatoms. The highest BCUT2D eigenvalue weighted by Crippen LogP contribution is 2.05. The van der Waals surface area contributed by atoms with Crippen molar-refractivity contribution in [1.82, 2.24) is 4.72 Å². The number of benzene rings is 1. The van der Waals surface area contributed by atoms with E-state index in [1.807, 2.05) is 30.3 Å². The third-order valence-corrected chi connectivity index (χ3v) is 3.03. The second-order valence-corrected chi connectivity index (χ2v) is 5.52. The maximum Gasteiger partial charge on any atom is 0.208 e. The topological polar surface area (TPSA) is 46.2 Å². The van der Waals surface area contributed by atoms with Crippen molar-refractivity contribution in [3.8, 4) is 0 Å². The number of halogens is 1. The van der Waals surface area contributed by atoms with Crippen LogP contribution in [0.4, 0.5) is 0 Å². The molecular formula is C10H14ClNO2S. The van der Waals surface area contributed by atoms with E-state index < -0.39 is 10.0 Å². The van der Waals surface area contributed by atoms with Gasteiger partial charge in [-0.15, -0.1) is 11.6 Å². The third-order valence-electron chi connectivity index (χ3n) is 1.89. The fraction of sp³-hybridized carbons (Fsp3) is 0.400. The lowest BCUT2D eigenvalue weighted by atomic mass is 10.1. The molecule has 1 atom stereocenters. The minimum Gasteiger partial charge on any atom is -0.213 e. The summed E-state index contributed by atoms with van der Waals surface area (Å²) in [4.78, 5) is 0. The van der Waals surface area contributed by atoms with Gasteiger partial charge in [0.05, 0.1) is 6.26 Å². The quantitative estimate of drug-likeness (QED) is 0.800. The SMILES string of the molecule is CS(=O)(=O)NC(CCl)Cc1ccccc1. The summed E-state index contributed by atoms with van der Waals surface area (Å²) in [6.45, 7) is 0. The van der Waals surface area contributed by atoms with E-state index in [9.17, 15) is 8.42 Å². The molecule has 1 aromatic rings. The fourth-order valence-corrected chi connectivity index (χ4v) is 2.38.